The van der Waals surface area contributed by atoms with E-state index in [0.717, 1.165) is 18.9 Å². The summed E-state index contributed by atoms with van der Waals surface area (Å²) in [4.78, 5) is 4.10. The van der Waals surface area contributed by atoms with Crippen LogP contribution in [0, 0.1) is 0 Å². The van der Waals surface area contributed by atoms with Gasteiger partial charge in [-0.3, -0.25) is 0 Å². The molecule has 4 nitrogen and oxygen atoms in total. The van der Waals surface area contributed by atoms with Crippen LogP contribution >= 0.6 is 0 Å². The molecule has 2 aromatic heterocycles. The highest BCUT2D eigenvalue weighted by Crippen LogP contribution is 2.30. The van der Waals surface area contributed by atoms with Crippen molar-refractivity contribution in [2.24, 2.45) is 0 Å². The van der Waals surface area contributed by atoms with Gasteiger partial charge in [-0.2, -0.15) is 18.3 Å². The Kier molecular flexibility index (Phi) is 3.64. The fraction of sp³-hybridized carbons (Fsp3) is 0.500. The molecular weight excluding hydrogens is 257 g/mol. The molecule has 19 heavy (non-hydrogen) atoms. The second kappa shape index (κ2) is 5.07. The molecule has 2 aromatic rings. The van der Waals surface area contributed by atoms with E-state index in [1.807, 2.05) is 13.8 Å². The van der Waals surface area contributed by atoms with E-state index in [2.05, 4.69) is 15.4 Å². The van der Waals surface area contributed by atoms with Gasteiger partial charge in [-0.1, -0.05) is 13.8 Å². The molecule has 0 unspecified atom stereocenters. The van der Waals surface area contributed by atoms with Crippen LogP contribution in [0.4, 0.5) is 19.0 Å². The molecule has 7 heteroatoms. The first kappa shape index (κ1) is 13.6. The summed E-state index contributed by atoms with van der Waals surface area (Å²) in [6.07, 6.45) is 0.144. The van der Waals surface area contributed by atoms with Gasteiger partial charge in [0.2, 0.25) is 0 Å². The van der Waals surface area contributed by atoms with Crippen molar-refractivity contribution in [2.75, 3.05) is 5.32 Å². The summed E-state index contributed by atoms with van der Waals surface area (Å²) in [6.45, 7) is 4.03. The molecule has 0 aliphatic carbocycles. The lowest BCUT2D eigenvalue weighted by Gasteiger charge is -2.15. The molecule has 0 aromatic carbocycles. The van der Waals surface area contributed by atoms with Gasteiger partial charge in [-0.05, 0) is 12.8 Å². The summed E-state index contributed by atoms with van der Waals surface area (Å²) >= 11 is 0. The maximum atomic E-state index is 12.6. The van der Waals surface area contributed by atoms with Crippen molar-refractivity contribution < 1.29 is 13.2 Å². The van der Waals surface area contributed by atoms with Crippen LogP contribution in [0.3, 0.4) is 0 Å². The second-order valence-corrected chi connectivity index (χ2v) is 4.29. The van der Waals surface area contributed by atoms with Gasteiger partial charge < -0.3 is 5.32 Å². The average Bonchev–Trinajstić information content (AvgIpc) is 2.80. The summed E-state index contributed by atoms with van der Waals surface area (Å²) in [5.41, 5.74) is -0.574. The van der Waals surface area contributed by atoms with Gasteiger partial charge in [0, 0.05) is 24.5 Å². The molecule has 0 radical (unpaired) electrons. The van der Waals surface area contributed by atoms with E-state index < -0.39 is 11.9 Å². The third-order valence-corrected chi connectivity index (χ3v) is 3.01. The van der Waals surface area contributed by atoms with Crippen molar-refractivity contribution in [1.82, 2.24) is 14.6 Å². The molecule has 0 saturated carbocycles. The third kappa shape index (κ3) is 2.80. The zero-order valence-corrected chi connectivity index (χ0v) is 10.7. The van der Waals surface area contributed by atoms with Crippen molar-refractivity contribution in [3.8, 4) is 0 Å². The fourth-order valence-corrected chi connectivity index (χ4v) is 1.86. The largest absolute Gasteiger partial charge is 0.435 e. The molecule has 2 rings (SSSR count). The van der Waals surface area contributed by atoms with Crippen molar-refractivity contribution in [2.45, 2.75) is 38.9 Å². The second-order valence-electron chi connectivity index (χ2n) is 4.29. The summed E-state index contributed by atoms with van der Waals surface area (Å²) in [5, 5.41) is 6.66. The van der Waals surface area contributed by atoms with Crippen LogP contribution in [-0.2, 0) is 6.18 Å². The standard InChI is InChI=1S/C12H15F3N4/c1-3-8(4-2)17-11-9-7-10(12(13,14)15)18-19(9)6-5-16-11/h5-8H,3-4H2,1-2H3,(H,16,17). The molecule has 0 fully saturated rings. The Morgan fingerprint density at radius 1 is 1.32 bits per heavy atom. The Labute approximate surface area is 108 Å². The Balaban J connectivity index is 2.42. The fourth-order valence-electron chi connectivity index (χ4n) is 1.86. The highest BCUT2D eigenvalue weighted by atomic mass is 19.4. The summed E-state index contributed by atoms with van der Waals surface area (Å²) in [7, 11) is 0. The quantitative estimate of drug-likeness (QED) is 0.928. The number of anilines is 1. The molecule has 2 heterocycles. The number of hydrogen-bond donors (Lipinski definition) is 1. The molecule has 1 N–H and O–H groups in total. The monoisotopic (exact) mass is 272 g/mol. The molecular formula is C12H15F3N4. The molecule has 0 bridgehead atoms. The van der Waals surface area contributed by atoms with Gasteiger partial charge in [0.05, 0.1) is 0 Å². The van der Waals surface area contributed by atoms with E-state index in [1.165, 1.54) is 16.9 Å². The van der Waals surface area contributed by atoms with E-state index in [-0.39, 0.29) is 6.04 Å². The highest BCUT2D eigenvalue weighted by Gasteiger charge is 2.34. The van der Waals surface area contributed by atoms with Gasteiger partial charge in [0.25, 0.3) is 0 Å². The molecule has 0 aliphatic rings. The molecule has 0 atom stereocenters. The van der Waals surface area contributed by atoms with Gasteiger partial charge >= 0.3 is 6.18 Å². The van der Waals surface area contributed by atoms with Gasteiger partial charge in [0.1, 0.15) is 5.52 Å². The zero-order valence-electron chi connectivity index (χ0n) is 10.7. The molecule has 104 valence electrons. The van der Waals surface area contributed by atoms with E-state index in [1.54, 1.807) is 0 Å². The van der Waals surface area contributed by atoms with E-state index in [9.17, 15) is 13.2 Å². The summed E-state index contributed by atoms with van der Waals surface area (Å²) in [5.74, 6) is 0.430. The number of fused-ring (bicyclic) bond motifs is 1. The number of alkyl halides is 3. The van der Waals surface area contributed by atoms with Crippen LogP contribution in [0.25, 0.3) is 5.52 Å². The molecule has 0 spiro atoms. The van der Waals surface area contributed by atoms with E-state index >= 15 is 0 Å². The van der Waals surface area contributed by atoms with E-state index in [4.69, 9.17) is 0 Å². The number of nitrogens with one attached hydrogen (secondary N) is 1. The molecule has 0 aliphatic heterocycles. The lowest BCUT2D eigenvalue weighted by atomic mass is 10.2. The van der Waals surface area contributed by atoms with Crippen molar-refractivity contribution >= 4 is 11.3 Å². The van der Waals surface area contributed by atoms with Crippen LogP contribution in [-0.4, -0.2) is 20.6 Å². The topological polar surface area (TPSA) is 42.2 Å². The summed E-state index contributed by atoms with van der Waals surface area (Å²) < 4.78 is 39.1. The number of nitrogens with zero attached hydrogens (tertiary/aromatic N) is 3. The Morgan fingerprint density at radius 2 is 2.00 bits per heavy atom. The van der Waals surface area contributed by atoms with Crippen LogP contribution in [0.2, 0.25) is 0 Å². The number of rotatable bonds is 4. The van der Waals surface area contributed by atoms with Gasteiger partial charge in [0.15, 0.2) is 11.5 Å². The van der Waals surface area contributed by atoms with Crippen LogP contribution < -0.4 is 5.32 Å². The Hall–Kier alpha value is -1.79. The normalized spacial score (nSPS) is 12.3. The molecule has 0 amide bonds. The number of hydrogen-bond acceptors (Lipinski definition) is 3. The van der Waals surface area contributed by atoms with Crippen LogP contribution in [0.1, 0.15) is 32.4 Å². The first-order valence-electron chi connectivity index (χ1n) is 6.13. The Morgan fingerprint density at radius 3 is 2.58 bits per heavy atom. The van der Waals surface area contributed by atoms with Gasteiger partial charge in [-0.15, -0.1) is 0 Å². The number of aromatic nitrogens is 3. The minimum atomic E-state index is -4.45. The maximum absolute atomic E-state index is 12.6. The first-order valence-corrected chi connectivity index (χ1v) is 6.13. The predicted molar refractivity (Wildman–Crippen MR) is 66.0 cm³/mol. The minimum Gasteiger partial charge on any atom is -0.366 e. The van der Waals surface area contributed by atoms with Crippen molar-refractivity contribution in [3.63, 3.8) is 0 Å². The van der Waals surface area contributed by atoms with Crippen molar-refractivity contribution in [3.05, 3.63) is 24.2 Å². The Bertz CT molecular complexity index is 558. The smallest absolute Gasteiger partial charge is 0.366 e. The van der Waals surface area contributed by atoms with E-state index in [0.29, 0.717) is 11.3 Å². The van der Waals surface area contributed by atoms with Crippen LogP contribution in [0.15, 0.2) is 18.5 Å². The highest BCUT2D eigenvalue weighted by molar-refractivity contribution is 5.68. The number of halogens is 3. The van der Waals surface area contributed by atoms with Crippen LogP contribution in [0.5, 0.6) is 0 Å². The first-order chi connectivity index (χ1) is 8.95. The third-order valence-electron chi connectivity index (χ3n) is 3.01. The lowest BCUT2D eigenvalue weighted by molar-refractivity contribution is -0.141. The average molecular weight is 272 g/mol. The summed E-state index contributed by atoms with van der Waals surface area (Å²) in [6, 6.07) is 1.19. The maximum Gasteiger partial charge on any atom is 0.435 e. The van der Waals surface area contributed by atoms with Crippen molar-refractivity contribution in [1.29, 1.82) is 0 Å². The van der Waals surface area contributed by atoms with Gasteiger partial charge in [-0.25, -0.2) is 9.50 Å². The predicted octanol–water partition coefficient (Wildman–Crippen LogP) is 3.35. The zero-order chi connectivity index (χ0) is 14.0. The molecule has 0 saturated heterocycles. The minimum absolute atomic E-state index is 0.183. The SMILES string of the molecule is CCC(CC)Nc1nccn2nc(C(F)(F)F)cc12. The lowest BCUT2D eigenvalue weighted by Crippen LogP contribution is -2.18.